The van der Waals surface area contributed by atoms with Gasteiger partial charge in [0.25, 0.3) is 0 Å². The number of hydrogen-bond acceptors (Lipinski definition) is 4. The summed E-state index contributed by atoms with van der Waals surface area (Å²) in [6.45, 7) is 0.296. The van der Waals surface area contributed by atoms with Crippen LogP contribution in [0.25, 0.3) is 0 Å². The van der Waals surface area contributed by atoms with E-state index in [0.29, 0.717) is 19.4 Å². The van der Waals surface area contributed by atoms with Gasteiger partial charge in [0.2, 0.25) is 10.0 Å². The molecular formula is C11H13NO4S2. The van der Waals surface area contributed by atoms with Crippen LogP contribution < -0.4 is 4.72 Å². The quantitative estimate of drug-likeness (QED) is 0.588. The molecule has 0 unspecified atom stereocenters. The van der Waals surface area contributed by atoms with E-state index in [9.17, 15) is 13.2 Å². The molecule has 0 aliphatic carbocycles. The Hall–Kier alpha value is -1.36. The summed E-state index contributed by atoms with van der Waals surface area (Å²) in [5, 5.41) is 10.0. The fraction of sp³-hybridized carbons (Fsp3) is 0.364. The Bertz CT molecular complexity index is 554. The highest BCUT2D eigenvalue weighted by molar-refractivity contribution is 7.91. The number of terminal acetylenes is 1. The lowest BCUT2D eigenvalue weighted by atomic mass is 10.2. The van der Waals surface area contributed by atoms with Crippen molar-refractivity contribution in [1.82, 2.24) is 4.72 Å². The number of carbonyl (C=O) groups is 1. The molecular weight excluding hydrogens is 274 g/mol. The van der Waals surface area contributed by atoms with Gasteiger partial charge in [0, 0.05) is 18.3 Å². The lowest BCUT2D eigenvalue weighted by molar-refractivity contribution is 0.0697. The Morgan fingerprint density at radius 1 is 1.50 bits per heavy atom. The first kappa shape index (κ1) is 14.7. The number of rotatable bonds is 7. The van der Waals surface area contributed by atoms with Gasteiger partial charge in [-0.3, -0.25) is 0 Å². The first-order chi connectivity index (χ1) is 8.47. The van der Waals surface area contributed by atoms with Gasteiger partial charge in [-0.05, 0) is 18.9 Å². The molecule has 0 fully saturated rings. The van der Waals surface area contributed by atoms with Crippen LogP contribution in [0.15, 0.2) is 15.7 Å². The predicted molar refractivity (Wildman–Crippen MR) is 69.2 cm³/mol. The molecule has 0 atom stereocenters. The molecule has 0 spiro atoms. The van der Waals surface area contributed by atoms with Crippen molar-refractivity contribution in [3.63, 3.8) is 0 Å². The highest BCUT2D eigenvalue weighted by atomic mass is 32.2. The first-order valence-electron chi connectivity index (χ1n) is 5.22. The zero-order chi connectivity index (χ0) is 13.6. The van der Waals surface area contributed by atoms with Crippen LogP contribution in [0.5, 0.6) is 0 Å². The summed E-state index contributed by atoms with van der Waals surface area (Å²) >= 11 is 0.889. The van der Waals surface area contributed by atoms with Crippen molar-refractivity contribution in [1.29, 1.82) is 0 Å². The zero-order valence-electron chi connectivity index (χ0n) is 9.55. The Balaban J connectivity index is 2.58. The van der Waals surface area contributed by atoms with Gasteiger partial charge in [-0.1, -0.05) is 0 Å². The third-order valence-corrected chi connectivity index (χ3v) is 5.03. The summed E-state index contributed by atoms with van der Waals surface area (Å²) in [4.78, 5) is 10.6. The Morgan fingerprint density at radius 3 is 2.78 bits per heavy atom. The van der Waals surface area contributed by atoms with Gasteiger partial charge in [-0.25, -0.2) is 17.9 Å². The third kappa shape index (κ3) is 4.14. The van der Waals surface area contributed by atoms with E-state index in [0.717, 1.165) is 23.8 Å². The van der Waals surface area contributed by atoms with Gasteiger partial charge in [0.15, 0.2) is 0 Å². The van der Waals surface area contributed by atoms with Gasteiger partial charge >= 0.3 is 5.97 Å². The van der Waals surface area contributed by atoms with Crippen molar-refractivity contribution >= 4 is 27.3 Å². The molecule has 0 radical (unpaired) electrons. The van der Waals surface area contributed by atoms with Crippen LogP contribution in [0.1, 0.15) is 29.6 Å². The summed E-state index contributed by atoms with van der Waals surface area (Å²) in [7, 11) is -3.61. The minimum absolute atomic E-state index is 0.0110. The fourth-order valence-corrected chi connectivity index (χ4v) is 3.47. The molecule has 0 amide bonds. The second kappa shape index (κ2) is 6.54. The Labute approximate surface area is 110 Å². The second-order valence-electron chi connectivity index (χ2n) is 3.52. The molecule has 1 aromatic rings. The number of unbranched alkanes of at least 4 members (excludes halogenated alkanes) is 2. The molecule has 1 aromatic heterocycles. The normalized spacial score (nSPS) is 11.1. The molecule has 98 valence electrons. The van der Waals surface area contributed by atoms with E-state index in [2.05, 4.69) is 10.6 Å². The van der Waals surface area contributed by atoms with Crippen molar-refractivity contribution in [3.05, 3.63) is 17.0 Å². The van der Waals surface area contributed by atoms with E-state index in [-0.39, 0.29) is 9.77 Å². The maximum Gasteiger partial charge on any atom is 0.336 e. The highest BCUT2D eigenvalue weighted by Crippen LogP contribution is 2.19. The van der Waals surface area contributed by atoms with Crippen molar-refractivity contribution in [2.75, 3.05) is 6.54 Å². The lowest BCUT2D eigenvalue weighted by Crippen LogP contribution is -2.24. The molecule has 7 heteroatoms. The van der Waals surface area contributed by atoms with E-state index in [1.165, 1.54) is 5.38 Å². The number of sulfonamides is 1. The minimum Gasteiger partial charge on any atom is -0.478 e. The Kier molecular flexibility index (Phi) is 5.34. The average molecular weight is 287 g/mol. The van der Waals surface area contributed by atoms with Gasteiger partial charge in [0.1, 0.15) is 4.21 Å². The van der Waals surface area contributed by atoms with Gasteiger partial charge in [0.05, 0.1) is 5.56 Å². The van der Waals surface area contributed by atoms with Crippen molar-refractivity contribution < 1.29 is 18.3 Å². The number of nitrogens with one attached hydrogen (secondary N) is 1. The molecule has 2 N–H and O–H groups in total. The summed E-state index contributed by atoms with van der Waals surface area (Å²) in [5.41, 5.74) is -0.0206. The average Bonchev–Trinajstić information content (AvgIpc) is 2.78. The Morgan fingerprint density at radius 2 is 2.22 bits per heavy atom. The second-order valence-corrected chi connectivity index (χ2v) is 6.42. The summed E-state index contributed by atoms with van der Waals surface area (Å²) in [6.07, 6.45) is 7.10. The molecule has 0 aromatic carbocycles. The highest BCUT2D eigenvalue weighted by Gasteiger charge is 2.18. The smallest absolute Gasteiger partial charge is 0.336 e. The molecule has 5 nitrogen and oxygen atoms in total. The zero-order valence-corrected chi connectivity index (χ0v) is 11.2. The van der Waals surface area contributed by atoms with Crippen LogP contribution in [-0.2, 0) is 10.0 Å². The lowest BCUT2D eigenvalue weighted by Gasteiger charge is -2.03. The summed E-state index contributed by atoms with van der Waals surface area (Å²) in [6, 6.07) is 1.15. The topological polar surface area (TPSA) is 83.5 Å². The van der Waals surface area contributed by atoms with E-state index in [4.69, 9.17) is 11.5 Å². The minimum atomic E-state index is -3.61. The number of thiophene rings is 1. The van der Waals surface area contributed by atoms with Crippen LogP contribution in [0.2, 0.25) is 0 Å². The van der Waals surface area contributed by atoms with Crippen LogP contribution in [0.4, 0.5) is 0 Å². The number of carboxylic acid groups (broad SMARTS) is 1. The largest absolute Gasteiger partial charge is 0.478 e. The third-order valence-electron chi connectivity index (χ3n) is 2.13. The van der Waals surface area contributed by atoms with Crippen LogP contribution in [-0.4, -0.2) is 26.0 Å². The van der Waals surface area contributed by atoms with Crippen LogP contribution in [0.3, 0.4) is 0 Å². The number of carboxylic acids is 1. The predicted octanol–water partition coefficient (Wildman–Crippen LogP) is 1.53. The molecule has 0 saturated heterocycles. The van der Waals surface area contributed by atoms with E-state index >= 15 is 0 Å². The van der Waals surface area contributed by atoms with Gasteiger partial charge in [-0.2, -0.15) is 0 Å². The van der Waals surface area contributed by atoms with Crippen molar-refractivity contribution in [2.45, 2.75) is 23.5 Å². The fourth-order valence-electron chi connectivity index (χ4n) is 1.20. The summed E-state index contributed by atoms with van der Waals surface area (Å²) in [5.74, 6) is 1.34. The van der Waals surface area contributed by atoms with E-state index in [1.54, 1.807) is 0 Å². The van der Waals surface area contributed by atoms with Gasteiger partial charge in [-0.15, -0.1) is 23.7 Å². The molecule has 0 saturated carbocycles. The van der Waals surface area contributed by atoms with Crippen molar-refractivity contribution in [2.24, 2.45) is 0 Å². The van der Waals surface area contributed by atoms with E-state index < -0.39 is 16.0 Å². The van der Waals surface area contributed by atoms with Gasteiger partial charge < -0.3 is 5.11 Å². The van der Waals surface area contributed by atoms with Crippen LogP contribution in [0, 0.1) is 12.3 Å². The maximum atomic E-state index is 11.8. The van der Waals surface area contributed by atoms with Crippen molar-refractivity contribution in [3.8, 4) is 12.3 Å². The standard InChI is InChI=1S/C11H13NO4S2/c1-2-3-4-5-6-12-18(15,16)10-7-9(8-17-10)11(13)14/h1,7-8,12H,3-6H2,(H,13,14). The molecule has 0 bridgehead atoms. The first-order valence-corrected chi connectivity index (χ1v) is 7.58. The molecule has 0 aliphatic rings. The number of hydrogen-bond donors (Lipinski definition) is 2. The van der Waals surface area contributed by atoms with E-state index in [1.807, 2.05) is 0 Å². The summed E-state index contributed by atoms with van der Waals surface area (Å²) < 4.78 is 26.0. The molecule has 0 aliphatic heterocycles. The monoisotopic (exact) mass is 287 g/mol. The molecule has 1 rings (SSSR count). The molecule has 18 heavy (non-hydrogen) atoms. The SMILES string of the molecule is C#CCCCCNS(=O)(=O)c1cc(C(=O)O)cs1. The molecule has 1 heterocycles. The number of aromatic carboxylic acids is 1. The van der Waals surface area contributed by atoms with Crippen LogP contribution >= 0.6 is 11.3 Å². The maximum absolute atomic E-state index is 11.8.